The van der Waals surface area contributed by atoms with Crippen molar-refractivity contribution >= 4 is 58.2 Å². The molecular formula is C27H21Cl2N3O2S. The molecule has 0 spiro atoms. The summed E-state index contributed by atoms with van der Waals surface area (Å²) in [5.74, 6) is -0.796. The number of anilines is 2. The number of carbonyl (C=O) groups excluding carboxylic acids is 2. The Bertz CT molecular complexity index is 1330. The molecule has 1 saturated heterocycles. The molecule has 2 amide bonds. The fourth-order valence-electron chi connectivity index (χ4n) is 3.70. The molecule has 1 aliphatic rings. The molecule has 1 fully saturated rings. The van der Waals surface area contributed by atoms with Crippen molar-refractivity contribution in [1.29, 1.82) is 5.26 Å². The standard InChI is InChI=1S/C27H21Cl2N3O2S/c1-2-17-8-12-21(13-9-17)32-26(34)24(14-18-10-11-19(28)15-23(18)29)35-27(32)22(16-30)25(33)31-20-6-4-3-5-7-20/h3-13,15,24H,2,14H2,1H3,(H,31,33)/b27-22-. The number of nitrogens with zero attached hydrogens (tertiary/aromatic N) is 2. The minimum atomic E-state index is -0.575. The smallest absolute Gasteiger partial charge is 0.269 e. The number of thioether (sulfide) groups is 1. The maximum Gasteiger partial charge on any atom is 0.269 e. The molecule has 8 heteroatoms. The van der Waals surface area contributed by atoms with E-state index in [9.17, 15) is 14.9 Å². The lowest BCUT2D eigenvalue weighted by atomic mass is 10.1. The van der Waals surface area contributed by atoms with Crippen molar-refractivity contribution in [3.63, 3.8) is 0 Å². The topological polar surface area (TPSA) is 73.2 Å². The van der Waals surface area contributed by atoms with Gasteiger partial charge in [0.1, 0.15) is 16.7 Å². The molecule has 3 aromatic carbocycles. The Morgan fingerprint density at radius 3 is 2.43 bits per heavy atom. The number of benzene rings is 3. The van der Waals surface area contributed by atoms with Gasteiger partial charge in [-0.2, -0.15) is 5.26 Å². The summed E-state index contributed by atoms with van der Waals surface area (Å²) in [6.07, 6.45) is 1.18. The van der Waals surface area contributed by atoms with Gasteiger partial charge in [0, 0.05) is 21.4 Å². The van der Waals surface area contributed by atoms with Crippen LogP contribution in [0.5, 0.6) is 0 Å². The van der Waals surface area contributed by atoms with Crippen LogP contribution in [0.4, 0.5) is 11.4 Å². The number of hydrogen-bond acceptors (Lipinski definition) is 4. The highest BCUT2D eigenvalue weighted by molar-refractivity contribution is 8.05. The van der Waals surface area contributed by atoms with Crippen molar-refractivity contribution in [3.05, 3.63) is 105 Å². The van der Waals surface area contributed by atoms with Crippen LogP contribution in [0.25, 0.3) is 0 Å². The average Bonchev–Trinajstić information content (AvgIpc) is 3.17. The van der Waals surface area contributed by atoms with E-state index >= 15 is 0 Å². The number of para-hydroxylation sites is 1. The summed E-state index contributed by atoms with van der Waals surface area (Å²) in [5, 5.41) is 13.4. The van der Waals surface area contributed by atoms with E-state index in [0.29, 0.717) is 32.9 Å². The number of carbonyl (C=O) groups is 2. The first-order valence-electron chi connectivity index (χ1n) is 11.0. The highest BCUT2D eigenvalue weighted by atomic mass is 35.5. The first-order chi connectivity index (χ1) is 16.9. The second-order valence-corrected chi connectivity index (χ2v) is 9.89. The van der Waals surface area contributed by atoms with Crippen LogP contribution in [0.15, 0.2) is 83.4 Å². The average molecular weight is 522 g/mol. The van der Waals surface area contributed by atoms with Crippen LogP contribution in [-0.4, -0.2) is 17.1 Å². The predicted octanol–water partition coefficient (Wildman–Crippen LogP) is 6.62. The number of amides is 2. The molecule has 1 N–H and O–H groups in total. The zero-order chi connectivity index (χ0) is 24.9. The molecule has 0 radical (unpaired) electrons. The second-order valence-electron chi connectivity index (χ2n) is 7.85. The molecular weight excluding hydrogens is 501 g/mol. The second kappa shape index (κ2) is 11.0. The van der Waals surface area contributed by atoms with E-state index in [1.54, 1.807) is 42.5 Å². The number of nitriles is 1. The molecule has 176 valence electrons. The molecule has 1 aliphatic heterocycles. The molecule has 0 aromatic heterocycles. The van der Waals surface area contributed by atoms with E-state index in [-0.39, 0.29) is 11.5 Å². The third-order valence-corrected chi connectivity index (χ3v) is 7.41. The van der Waals surface area contributed by atoms with Gasteiger partial charge in [0.15, 0.2) is 0 Å². The van der Waals surface area contributed by atoms with Crippen LogP contribution in [0.3, 0.4) is 0 Å². The van der Waals surface area contributed by atoms with Crippen molar-refractivity contribution in [3.8, 4) is 6.07 Å². The van der Waals surface area contributed by atoms with Gasteiger partial charge in [0.05, 0.1) is 5.25 Å². The van der Waals surface area contributed by atoms with Crippen LogP contribution in [-0.2, 0) is 22.4 Å². The summed E-state index contributed by atoms with van der Waals surface area (Å²) in [5.41, 5.74) is 2.90. The van der Waals surface area contributed by atoms with Crippen LogP contribution in [0.1, 0.15) is 18.1 Å². The molecule has 1 heterocycles. The molecule has 35 heavy (non-hydrogen) atoms. The minimum absolute atomic E-state index is 0.128. The van der Waals surface area contributed by atoms with Gasteiger partial charge in [-0.05, 0) is 60.4 Å². The van der Waals surface area contributed by atoms with Crippen molar-refractivity contribution in [2.45, 2.75) is 25.0 Å². The Kier molecular flexibility index (Phi) is 7.82. The number of aryl methyl sites for hydroxylation is 1. The summed E-state index contributed by atoms with van der Waals surface area (Å²) in [7, 11) is 0. The molecule has 3 aromatic rings. The highest BCUT2D eigenvalue weighted by Crippen LogP contribution is 2.42. The number of hydrogen-bond donors (Lipinski definition) is 1. The molecule has 5 nitrogen and oxygen atoms in total. The van der Waals surface area contributed by atoms with Crippen molar-refractivity contribution < 1.29 is 9.59 Å². The monoisotopic (exact) mass is 521 g/mol. The van der Waals surface area contributed by atoms with Gasteiger partial charge < -0.3 is 5.32 Å². The van der Waals surface area contributed by atoms with Gasteiger partial charge in [-0.25, -0.2) is 0 Å². The Morgan fingerprint density at radius 1 is 1.09 bits per heavy atom. The molecule has 1 unspecified atom stereocenters. The third-order valence-electron chi connectivity index (χ3n) is 5.56. The lowest BCUT2D eigenvalue weighted by Crippen LogP contribution is -2.31. The van der Waals surface area contributed by atoms with Crippen molar-refractivity contribution in [2.24, 2.45) is 0 Å². The van der Waals surface area contributed by atoms with Gasteiger partial charge >= 0.3 is 0 Å². The molecule has 0 aliphatic carbocycles. The highest BCUT2D eigenvalue weighted by Gasteiger charge is 2.41. The fraction of sp³-hybridized carbons (Fsp3) is 0.148. The van der Waals surface area contributed by atoms with E-state index in [4.69, 9.17) is 23.2 Å². The lowest BCUT2D eigenvalue weighted by Gasteiger charge is -2.19. The Balaban J connectivity index is 1.74. The van der Waals surface area contributed by atoms with E-state index in [1.165, 1.54) is 16.7 Å². The molecule has 4 rings (SSSR count). The largest absolute Gasteiger partial charge is 0.321 e. The van der Waals surface area contributed by atoms with Crippen molar-refractivity contribution in [2.75, 3.05) is 10.2 Å². The number of nitrogens with one attached hydrogen (secondary N) is 1. The summed E-state index contributed by atoms with van der Waals surface area (Å²) in [4.78, 5) is 28.2. The zero-order valence-corrected chi connectivity index (χ0v) is 21.1. The minimum Gasteiger partial charge on any atom is -0.321 e. The Morgan fingerprint density at radius 2 is 1.80 bits per heavy atom. The molecule has 1 atom stereocenters. The maximum absolute atomic E-state index is 13.6. The van der Waals surface area contributed by atoms with Gasteiger partial charge in [-0.1, -0.05) is 78.3 Å². The quantitative estimate of drug-likeness (QED) is 0.292. The van der Waals surface area contributed by atoms with Crippen LogP contribution < -0.4 is 10.2 Å². The zero-order valence-electron chi connectivity index (χ0n) is 18.8. The molecule has 0 bridgehead atoms. The van der Waals surface area contributed by atoms with E-state index in [2.05, 4.69) is 5.32 Å². The summed E-state index contributed by atoms with van der Waals surface area (Å²) in [6.45, 7) is 2.05. The Labute approximate surface area is 218 Å². The predicted molar refractivity (Wildman–Crippen MR) is 143 cm³/mol. The van der Waals surface area contributed by atoms with E-state index < -0.39 is 11.2 Å². The Hall–Kier alpha value is -3.24. The normalized spacial score (nSPS) is 16.7. The van der Waals surface area contributed by atoms with Crippen molar-refractivity contribution in [1.82, 2.24) is 0 Å². The SMILES string of the molecule is CCc1ccc(N2C(=O)C(Cc3ccc(Cl)cc3Cl)S/C2=C(/C#N)C(=O)Nc2ccccc2)cc1. The summed E-state index contributed by atoms with van der Waals surface area (Å²) >= 11 is 13.6. The van der Waals surface area contributed by atoms with Gasteiger partial charge in [-0.3, -0.25) is 14.5 Å². The van der Waals surface area contributed by atoms with Crippen LogP contribution in [0.2, 0.25) is 10.0 Å². The summed E-state index contributed by atoms with van der Waals surface area (Å²) < 4.78 is 0. The number of rotatable bonds is 6. The van der Waals surface area contributed by atoms with Crippen LogP contribution >= 0.6 is 35.0 Å². The van der Waals surface area contributed by atoms with Gasteiger partial charge in [-0.15, -0.1) is 0 Å². The van der Waals surface area contributed by atoms with Gasteiger partial charge in [0.25, 0.3) is 5.91 Å². The first kappa shape index (κ1) is 24.9. The third kappa shape index (κ3) is 5.54. The number of halogens is 2. The maximum atomic E-state index is 13.6. The van der Waals surface area contributed by atoms with Crippen LogP contribution in [0, 0.1) is 11.3 Å². The van der Waals surface area contributed by atoms with E-state index in [1.807, 2.05) is 43.3 Å². The molecule has 0 saturated carbocycles. The lowest BCUT2D eigenvalue weighted by molar-refractivity contribution is -0.117. The first-order valence-corrected chi connectivity index (χ1v) is 12.6. The van der Waals surface area contributed by atoms with E-state index in [0.717, 1.165) is 17.5 Å². The van der Waals surface area contributed by atoms with Gasteiger partial charge in [0.2, 0.25) is 5.91 Å². The summed E-state index contributed by atoms with van der Waals surface area (Å²) in [6, 6.07) is 23.6. The fourth-order valence-corrected chi connectivity index (χ4v) is 5.49.